The van der Waals surface area contributed by atoms with Crippen LogP contribution in [0.4, 0.5) is 23.5 Å². The molecule has 6 heteroatoms. The van der Waals surface area contributed by atoms with Gasteiger partial charge >= 0.3 is 27.3 Å². The van der Waals surface area contributed by atoms with Crippen LogP contribution in [0.15, 0.2) is 0 Å². The van der Waals surface area contributed by atoms with E-state index < -0.39 is 0 Å². The molecule has 0 aromatic heterocycles. The molecule has 0 spiro atoms. The van der Waals surface area contributed by atoms with Crippen molar-refractivity contribution in [1.29, 1.82) is 0 Å². The van der Waals surface area contributed by atoms with E-state index in [1.54, 1.807) is 0 Å². The SMILES string of the molecule is F.F.F.F.F.[PbH2]. The molecule has 0 aromatic rings. The first kappa shape index (κ1) is 623. The summed E-state index contributed by atoms with van der Waals surface area (Å²) < 4.78 is 0. The molecule has 2 radical (unpaired) electrons. The van der Waals surface area contributed by atoms with Gasteiger partial charge in [-0.25, -0.2) is 0 Å². The van der Waals surface area contributed by atoms with Crippen molar-refractivity contribution in [2.75, 3.05) is 0 Å². The molecule has 0 saturated carbocycles. The van der Waals surface area contributed by atoms with Crippen molar-refractivity contribution >= 4 is 27.3 Å². The fourth-order valence-electron chi connectivity index (χ4n) is 0. The van der Waals surface area contributed by atoms with Crippen LogP contribution in [0.3, 0.4) is 0 Å². The van der Waals surface area contributed by atoms with E-state index in [1.165, 1.54) is 0 Å². The van der Waals surface area contributed by atoms with Gasteiger partial charge in [0.05, 0.1) is 0 Å². The topological polar surface area (TPSA) is 0 Å². The molecule has 0 aromatic carbocycles. The van der Waals surface area contributed by atoms with Crippen molar-refractivity contribution < 1.29 is 23.5 Å². The van der Waals surface area contributed by atoms with Gasteiger partial charge in [-0.05, 0) is 0 Å². The van der Waals surface area contributed by atoms with Crippen LogP contribution in [-0.4, -0.2) is 27.3 Å². The van der Waals surface area contributed by atoms with Gasteiger partial charge in [-0.3, -0.25) is 23.5 Å². The maximum atomic E-state index is 0. The van der Waals surface area contributed by atoms with Gasteiger partial charge in [0.15, 0.2) is 0 Å². The van der Waals surface area contributed by atoms with Crippen LogP contribution in [0.25, 0.3) is 0 Å². The first-order valence-electron chi connectivity index (χ1n) is 0. The zero-order valence-corrected chi connectivity index (χ0v) is 8.25. The number of halogens is 5. The number of hydrogen-bond donors (Lipinski definition) is 0. The summed E-state index contributed by atoms with van der Waals surface area (Å²) in [5.74, 6) is 0. The van der Waals surface area contributed by atoms with Crippen molar-refractivity contribution in [2.45, 2.75) is 0 Å². The molecule has 0 saturated heterocycles. The van der Waals surface area contributed by atoms with Gasteiger partial charge in [0.25, 0.3) is 0 Å². The van der Waals surface area contributed by atoms with Crippen LogP contribution in [0.5, 0.6) is 0 Å². The molecule has 46 valence electrons. The second-order valence-corrected chi connectivity index (χ2v) is 0. The normalized spacial score (nSPS) is 0. The Morgan fingerprint density at radius 2 is 0.333 bits per heavy atom. The molecular formula is H7F5Pb. The molecule has 0 unspecified atom stereocenters. The van der Waals surface area contributed by atoms with Crippen LogP contribution >= 0.6 is 0 Å². The summed E-state index contributed by atoms with van der Waals surface area (Å²) in [5.41, 5.74) is 0. The molecular weight excluding hydrogens is 302 g/mol. The van der Waals surface area contributed by atoms with Crippen LogP contribution in [-0.2, 0) is 0 Å². The summed E-state index contributed by atoms with van der Waals surface area (Å²) >= 11 is 0. The Labute approximate surface area is 51.3 Å². The van der Waals surface area contributed by atoms with Gasteiger partial charge in [0.1, 0.15) is 0 Å². The summed E-state index contributed by atoms with van der Waals surface area (Å²) in [4.78, 5) is 0. The molecule has 6 heavy (non-hydrogen) atoms. The number of rotatable bonds is 0. The van der Waals surface area contributed by atoms with Gasteiger partial charge in [-0.15, -0.1) is 0 Å². The third kappa shape index (κ3) is 178. The maximum absolute atomic E-state index is 0. The first-order chi connectivity index (χ1) is 0. The Balaban J connectivity index is 0. The summed E-state index contributed by atoms with van der Waals surface area (Å²) in [6.07, 6.45) is 0. The van der Waals surface area contributed by atoms with Gasteiger partial charge in [0.2, 0.25) is 0 Å². The van der Waals surface area contributed by atoms with E-state index in [9.17, 15) is 0 Å². The molecule has 0 aliphatic rings. The van der Waals surface area contributed by atoms with E-state index in [4.69, 9.17) is 0 Å². The van der Waals surface area contributed by atoms with Crippen molar-refractivity contribution in [3.05, 3.63) is 0 Å². The summed E-state index contributed by atoms with van der Waals surface area (Å²) in [6.45, 7) is 0. The zero-order valence-electron chi connectivity index (χ0n) is 2.75. The van der Waals surface area contributed by atoms with Gasteiger partial charge in [0, 0.05) is 0 Å². The molecule has 0 nitrogen and oxygen atoms in total. The summed E-state index contributed by atoms with van der Waals surface area (Å²) in [6, 6.07) is 0. The van der Waals surface area contributed by atoms with Crippen molar-refractivity contribution in [2.24, 2.45) is 0 Å². The standard InChI is InChI=1S/5FH.Pb.2H/h5*1H;;;. The Kier molecular flexibility index (Phi) is 37000. The van der Waals surface area contributed by atoms with Crippen LogP contribution < -0.4 is 0 Å². The van der Waals surface area contributed by atoms with Crippen molar-refractivity contribution in [3.63, 3.8) is 0 Å². The molecule has 0 heterocycles. The first-order valence-corrected chi connectivity index (χ1v) is 0. The van der Waals surface area contributed by atoms with Gasteiger partial charge < -0.3 is 0 Å². The predicted molar refractivity (Wildman–Crippen MR) is 21.1 cm³/mol. The van der Waals surface area contributed by atoms with Gasteiger partial charge in [-0.1, -0.05) is 0 Å². The van der Waals surface area contributed by atoms with E-state index in [0.29, 0.717) is 0 Å². The fourth-order valence-corrected chi connectivity index (χ4v) is 0. The summed E-state index contributed by atoms with van der Waals surface area (Å²) in [5, 5.41) is 0. The van der Waals surface area contributed by atoms with E-state index in [2.05, 4.69) is 0 Å². The van der Waals surface area contributed by atoms with E-state index in [0.717, 1.165) is 0 Å². The molecule has 0 fully saturated rings. The van der Waals surface area contributed by atoms with Crippen molar-refractivity contribution in [1.82, 2.24) is 0 Å². The molecule has 0 aliphatic heterocycles. The quantitative estimate of drug-likeness (QED) is 0.431. The van der Waals surface area contributed by atoms with E-state index in [1.807, 2.05) is 0 Å². The molecule has 0 atom stereocenters. The third-order valence-corrected chi connectivity index (χ3v) is 0. The summed E-state index contributed by atoms with van der Waals surface area (Å²) in [7, 11) is 0. The Bertz CT molecular complexity index is 3.90. The van der Waals surface area contributed by atoms with Crippen LogP contribution in [0.1, 0.15) is 0 Å². The van der Waals surface area contributed by atoms with E-state index >= 15 is 0 Å². The Hall–Kier alpha value is 0.572. The molecule has 0 rings (SSSR count). The Morgan fingerprint density at radius 1 is 0.333 bits per heavy atom. The average Bonchev–Trinajstić information content (AvgIpc) is 0. The zero-order chi connectivity index (χ0) is 0. The Morgan fingerprint density at radius 3 is 0.333 bits per heavy atom. The predicted octanol–water partition coefficient (Wildman–Crippen LogP) is -0.154. The fraction of sp³-hybridized carbons (Fsp3) is 0. The second kappa shape index (κ2) is 356. The van der Waals surface area contributed by atoms with Crippen LogP contribution in [0.2, 0.25) is 0 Å². The molecule has 0 aliphatic carbocycles. The minimum atomic E-state index is 0. The minimum absolute atomic E-state index is 0. The van der Waals surface area contributed by atoms with E-state index in [-0.39, 0.29) is 50.8 Å². The monoisotopic (exact) mass is 310 g/mol. The molecule has 0 N–H and O–H groups in total. The van der Waals surface area contributed by atoms with Crippen molar-refractivity contribution in [3.8, 4) is 0 Å². The number of hydrogen-bond acceptors (Lipinski definition) is 0. The second-order valence-electron chi connectivity index (χ2n) is 0. The van der Waals surface area contributed by atoms with Gasteiger partial charge in [-0.2, -0.15) is 0 Å². The molecule has 0 amide bonds. The molecule has 0 bridgehead atoms. The third-order valence-electron chi connectivity index (χ3n) is 0. The van der Waals surface area contributed by atoms with Crippen LogP contribution in [0, 0.1) is 0 Å². The average molecular weight is 309 g/mol.